The zero-order valence-electron chi connectivity index (χ0n) is 12.1. The summed E-state index contributed by atoms with van der Waals surface area (Å²) in [5.41, 5.74) is 2.00. The van der Waals surface area contributed by atoms with Crippen molar-refractivity contribution in [2.45, 2.75) is 38.3 Å². The van der Waals surface area contributed by atoms with Gasteiger partial charge in [0.25, 0.3) is 0 Å². The Balaban J connectivity index is 1.81. The number of fused-ring (bicyclic) bond motifs is 1. The fourth-order valence-corrected chi connectivity index (χ4v) is 3.77. The quantitative estimate of drug-likeness (QED) is 0.908. The standard InChI is InChI=1S/C16H23ClN2O/c1-12(20)13-5-6-16(15(17)10-13)19-9-3-8-18-7-2-4-14(18)11-19/h5-6,10,12,14,20H,2-4,7-9,11H2,1H3/t12-,14?/m0/s1. The largest absolute Gasteiger partial charge is 0.389 e. The Morgan fingerprint density at radius 2 is 2.05 bits per heavy atom. The average molecular weight is 295 g/mol. The molecule has 2 fully saturated rings. The molecule has 3 rings (SSSR count). The van der Waals surface area contributed by atoms with Gasteiger partial charge in [0, 0.05) is 25.7 Å². The van der Waals surface area contributed by atoms with Gasteiger partial charge in [-0.3, -0.25) is 4.90 Å². The zero-order valence-corrected chi connectivity index (χ0v) is 12.8. The number of halogens is 1. The van der Waals surface area contributed by atoms with Gasteiger partial charge in [-0.2, -0.15) is 0 Å². The predicted octanol–water partition coefficient (Wildman–Crippen LogP) is 3.07. The first-order valence-corrected chi connectivity index (χ1v) is 7.99. The molecule has 3 nitrogen and oxygen atoms in total. The highest BCUT2D eigenvalue weighted by Crippen LogP contribution is 2.32. The number of hydrogen-bond acceptors (Lipinski definition) is 3. The molecule has 1 N–H and O–H groups in total. The average Bonchev–Trinajstić information content (AvgIpc) is 2.76. The van der Waals surface area contributed by atoms with Gasteiger partial charge in [0.2, 0.25) is 0 Å². The number of aliphatic hydroxyl groups excluding tert-OH is 1. The molecule has 1 aromatic carbocycles. The van der Waals surface area contributed by atoms with E-state index in [0.717, 1.165) is 29.4 Å². The Kier molecular flexibility index (Phi) is 4.20. The number of benzene rings is 1. The fraction of sp³-hybridized carbons (Fsp3) is 0.625. The van der Waals surface area contributed by atoms with E-state index >= 15 is 0 Å². The van der Waals surface area contributed by atoms with E-state index in [1.54, 1.807) is 6.92 Å². The molecule has 1 aromatic rings. The van der Waals surface area contributed by atoms with Crippen LogP contribution in [0, 0.1) is 0 Å². The van der Waals surface area contributed by atoms with Crippen LogP contribution in [0.1, 0.15) is 37.9 Å². The van der Waals surface area contributed by atoms with Crippen LogP contribution in [0.15, 0.2) is 18.2 Å². The Labute approximate surface area is 126 Å². The fourth-order valence-electron chi connectivity index (χ4n) is 3.46. The van der Waals surface area contributed by atoms with Gasteiger partial charge in [-0.05, 0) is 50.4 Å². The van der Waals surface area contributed by atoms with Crippen LogP contribution in [0.3, 0.4) is 0 Å². The molecule has 0 amide bonds. The van der Waals surface area contributed by atoms with Gasteiger partial charge >= 0.3 is 0 Å². The van der Waals surface area contributed by atoms with E-state index in [1.807, 2.05) is 12.1 Å². The lowest BCUT2D eigenvalue weighted by Crippen LogP contribution is -2.36. The zero-order chi connectivity index (χ0) is 14.1. The number of anilines is 1. The molecule has 2 aliphatic heterocycles. The lowest BCUT2D eigenvalue weighted by atomic mass is 10.1. The van der Waals surface area contributed by atoms with Gasteiger partial charge in [0.05, 0.1) is 16.8 Å². The van der Waals surface area contributed by atoms with E-state index in [0.29, 0.717) is 6.04 Å². The van der Waals surface area contributed by atoms with Gasteiger partial charge in [-0.15, -0.1) is 0 Å². The van der Waals surface area contributed by atoms with E-state index in [-0.39, 0.29) is 0 Å². The molecule has 0 spiro atoms. The van der Waals surface area contributed by atoms with Crippen LogP contribution in [0.5, 0.6) is 0 Å². The molecule has 2 saturated heterocycles. The maximum absolute atomic E-state index is 9.64. The Bertz CT molecular complexity index is 478. The lowest BCUT2D eigenvalue weighted by Gasteiger charge is -2.28. The van der Waals surface area contributed by atoms with E-state index in [2.05, 4.69) is 15.9 Å². The molecular formula is C16H23ClN2O. The van der Waals surface area contributed by atoms with Crippen molar-refractivity contribution in [3.05, 3.63) is 28.8 Å². The van der Waals surface area contributed by atoms with E-state index in [1.165, 1.54) is 32.4 Å². The van der Waals surface area contributed by atoms with Gasteiger partial charge < -0.3 is 10.0 Å². The maximum atomic E-state index is 9.64. The topological polar surface area (TPSA) is 26.7 Å². The van der Waals surface area contributed by atoms with Crippen molar-refractivity contribution in [3.63, 3.8) is 0 Å². The van der Waals surface area contributed by atoms with Crippen LogP contribution in [0.25, 0.3) is 0 Å². The summed E-state index contributed by atoms with van der Waals surface area (Å²) in [7, 11) is 0. The first-order valence-electron chi connectivity index (χ1n) is 7.61. The highest BCUT2D eigenvalue weighted by molar-refractivity contribution is 6.33. The van der Waals surface area contributed by atoms with Crippen molar-refractivity contribution < 1.29 is 5.11 Å². The molecule has 0 bridgehead atoms. The van der Waals surface area contributed by atoms with Crippen molar-refractivity contribution in [1.82, 2.24) is 4.90 Å². The molecule has 0 radical (unpaired) electrons. The second kappa shape index (κ2) is 5.92. The van der Waals surface area contributed by atoms with Gasteiger partial charge in [0.1, 0.15) is 0 Å². The minimum Gasteiger partial charge on any atom is -0.389 e. The molecule has 2 heterocycles. The normalized spacial score (nSPS) is 25.4. The molecule has 4 heteroatoms. The number of rotatable bonds is 2. The van der Waals surface area contributed by atoms with Crippen molar-refractivity contribution in [2.75, 3.05) is 31.1 Å². The summed E-state index contributed by atoms with van der Waals surface area (Å²) in [5, 5.41) is 10.4. The van der Waals surface area contributed by atoms with Crippen LogP contribution in [0.2, 0.25) is 5.02 Å². The predicted molar refractivity (Wildman–Crippen MR) is 83.5 cm³/mol. The molecule has 110 valence electrons. The summed E-state index contributed by atoms with van der Waals surface area (Å²) in [6.07, 6.45) is 3.37. The highest BCUT2D eigenvalue weighted by Gasteiger charge is 2.29. The second-order valence-electron chi connectivity index (χ2n) is 6.02. The molecule has 0 saturated carbocycles. The third-order valence-corrected chi connectivity index (χ3v) is 4.90. The van der Waals surface area contributed by atoms with Gasteiger partial charge in [-0.1, -0.05) is 17.7 Å². The number of aliphatic hydroxyl groups is 1. The monoisotopic (exact) mass is 294 g/mol. The first-order chi connectivity index (χ1) is 9.65. The van der Waals surface area contributed by atoms with E-state index in [9.17, 15) is 5.11 Å². The molecule has 1 unspecified atom stereocenters. The third kappa shape index (κ3) is 2.80. The number of hydrogen-bond donors (Lipinski definition) is 1. The highest BCUT2D eigenvalue weighted by atomic mass is 35.5. The Morgan fingerprint density at radius 3 is 2.80 bits per heavy atom. The SMILES string of the molecule is C[C@H](O)c1ccc(N2CCCN3CCCC3C2)c(Cl)c1. The smallest absolute Gasteiger partial charge is 0.0762 e. The first kappa shape index (κ1) is 14.2. The van der Waals surface area contributed by atoms with Crippen molar-refractivity contribution in [1.29, 1.82) is 0 Å². The molecule has 20 heavy (non-hydrogen) atoms. The summed E-state index contributed by atoms with van der Waals surface area (Å²) in [6, 6.07) is 6.64. The van der Waals surface area contributed by atoms with Crippen LogP contribution in [0.4, 0.5) is 5.69 Å². The summed E-state index contributed by atoms with van der Waals surface area (Å²) in [6.45, 7) is 6.39. The summed E-state index contributed by atoms with van der Waals surface area (Å²) < 4.78 is 0. The van der Waals surface area contributed by atoms with Crippen LogP contribution >= 0.6 is 11.6 Å². The molecule has 0 aliphatic carbocycles. The Morgan fingerprint density at radius 1 is 1.25 bits per heavy atom. The van der Waals surface area contributed by atoms with Crippen molar-refractivity contribution in [3.8, 4) is 0 Å². The third-order valence-electron chi connectivity index (χ3n) is 4.60. The molecule has 2 aliphatic rings. The minimum absolute atomic E-state index is 0.462. The van der Waals surface area contributed by atoms with Gasteiger partial charge in [0.15, 0.2) is 0 Å². The van der Waals surface area contributed by atoms with E-state index in [4.69, 9.17) is 11.6 Å². The maximum Gasteiger partial charge on any atom is 0.0762 e. The molecule has 0 aromatic heterocycles. The van der Waals surface area contributed by atoms with Crippen LogP contribution < -0.4 is 4.90 Å². The lowest BCUT2D eigenvalue weighted by molar-refractivity contribution is 0.199. The minimum atomic E-state index is -0.462. The number of nitrogens with zero attached hydrogens (tertiary/aromatic N) is 2. The van der Waals surface area contributed by atoms with E-state index < -0.39 is 6.10 Å². The second-order valence-corrected chi connectivity index (χ2v) is 6.43. The van der Waals surface area contributed by atoms with Gasteiger partial charge in [-0.25, -0.2) is 0 Å². The summed E-state index contributed by atoms with van der Waals surface area (Å²) in [5.74, 6) is 0. The Hall–Kier alpha value is -0.770. The molecule has 2 atom stereocenters. The van der Waals surface area contributed by atoms with Crippen LogP contribution in [-0.2, 0) is 0 Å². The summed E-state index contributed by atoms with van der Waals surface area (Å²) >= 11 is 6.44. The van der Waals surface area contributed by atoms with Crippen LogP contribution in [-0.4, -0.2) is 42.2 Å². The van der Waals surface area contributed by atoms with Crippen molar-refractivity contribution in [2.24, 2.45) is 0 Å². The summed E-state index contributed by atoms with van der Waals surface area (Å²) in [4.78, 5) is 5.04. The molecular weight excluding hydrogens is 272 g/mol. The van der Waals surface area contributed by atoms with Crippen molar-refractivity contribution >= 4 is 17.3 Å².